The highest BCUT2D eigenvalue weighted by Crippen LogP contribution is 2.34. The molecule has 3 heterocycles. The van der Waals surface area contributed by atoms with E-state index in [2.05, 4.69) is 15.4 Å². The van der Waals surface area contributed by atoms with Crippen molar-refractivity contribution >= 4 is 34.2 Å². The minimum atomic E-state index is -0.379. The number of halogens is 1. The van der Waals surface area contributed by atoms with Crippen molar-refractivity contribution in [3.05, 3.63) is 70.4 Å². The molecule has 10 heteroatoms. The highest BCUT2D eigenvalue weighted by Gasteiger charge is 2.16. The lowest BCUT2D eigenvalue weighted by Crippen LogP contribution is -2.27. The van der Waals surface area contributed by atoms with E-state index >= 15 is 0 Å². The maximum absolute atomic E-state index is 12.8. The van der Waals surface area contributed by atoms with Gasteiger partial charge in [-0.05, 0) is 24.3 Å². The van der Waals surface area contributed by atoms with E-state index < -0.39 is 0 Å². The van der Waals surface area contributed by atoms with Crippen LogP contribution in [0.4, 0.5) is 5.69 Å². The average Bonchev–Trinajstić information content (AvgIpc) is 3.37. The number of hydrogen-bond acceptors (Lipinski definition) is 6. The van der Waals surface area contributed by atoms with Crippen LogP contribution >= 0.6 is 11.6 Å². The van der Waals surface area contributed by atoms with Crippen molar-refractivity contribution in [2.24, 2.45) is 0 Å². The van der Waals surface area contributed by atoms with Gasteiger partial charge in [0.15, 0.2) is 17.1 Å². The smallest absolute Gasteiger partial charge is 0.264 e. The van der Waals surface area contributed by atoms with Gasteiger partial charge >= 0.3 is 0 Å². The van der Waals surface area contributed by atoms with Gasteiger partial charge in [0.1, 0.15) is 18.3 Å². The van der Waals surface area contributed by atoms with Crippen molar-refractivity contribution in [1.29, 1.82) is 0 Å². The molecule has 0 bridgehead atoms. The molecule has 0 saturated heterocycles. The normalized spacial score (nSPS) is 12.3. The van der Waals surface area contributed by atoms with E-state index in [1.165, 1.54) is 21.8 Å². The van der Waals surface area contributed by atoms with Crippen LogP contribution < -0.4 is 20.3 Å². The molecule has 4 aromatic rings. The van der Waals surface area contributed by atoms with E-state index in [0.717, 1.165) is 0 Å². The lowest BCUT2D eigenvalue weighted by Gasteiger charge is -2.08. The van der Waals surface area contributed by atoms with Crippen LogP contribution in [0.15, 0.2) is 59.8 Å². The largest absolute Gasteiger partial charge is 0.454 e. The van der Waals surface area contributed by atoms with Crippen molar-refractivity contribution in [3.63, 3.8) is 0 Å². The van der Waals surface area contributed by atoms with Crippen molar-refractivity contribution < 1.29 is 14.3 Å². The molecule has 9 nitrogen and oxygen atoms in total. The summed E-state index contributed by atoms with van der Waals surface area (Å²) in [4.78, 5) is 29.6. The number of hydrogen-bond donors (Lipinski definition) is 1. The first-order valence-electron chi connectivity index (χ1n) is 8.98. The first-order chi connectivity index (χ1) is 14.6. The van der Waals surface area contributed by atoms with Crippen LogP contribution in [0.5, 0.6) is 11.5 Å². The molecular formula is C20H14ClN5O4. The molecule has 2 aromatic carbocycles. The van der Waals surface area contributed by atoms with Crippen LogP contribution in [0.3, 0.4) is 0 Å². The maximum Gasteiger partial charge on any atom is 0.264 e. The topological polar surface area (TPSA) is 100 Å². The Morgan fingerprint density at radius 2 is 2.00 bits per heavy atom. The second-order valence-corrected chi connectivity index (χ2v) is 6.95. The zero-order chi connectivity index (χ0) is 20.7. The predicted octanol–water partition coefficient (Wildman–Crippen LogP) is 2.60. The van der Waals surface area contributed by atoms with E-state index in [9.17, 15) is 9.59 Å². The number of para-hydroxylation sites is 1. The molecule has 150 valence electrons. The zero-order valence-corrected chi connectivity index (χ0v) is 16.2. The Hall–Kier alpha value is -3.85. The van der Waals surface area contributed by atoms with Gasteiger partial charge in [-0.3, -0.25) is 14.2 Å². The molecule has 0 spiro atoms. The van der Waals surface area contributed by atoms with Gasteiger partial charge < -0.3 is 14.8 Å². The second-order valence-electron chi connectivity index (χ2n) is 6.54. The molecule has 0 radical (unpaired) electrons. The summed E-state index contributed by atoms with van der Waals surface area (Å²) in [5.41, 5.74) is 1.14. The number of benzene rings is 2. The van der Waals surface area contributed by atoms with E-state index in [1.807, 2.05) is 6.07 Å². The summed E-state index contributed by atoms with van der Waals surface area (Å²) in [5.74, 6) is 0.796. The molecule has 1 aliphatic heterocycles. The minimum Gasteiger partial charge on any atom is -0.454 e. The quantitative estimate of drug-likeness (QED) is 0.541. The number of anilines is 1. The number of amides is 1. The van der Waals surface area contributed by atoms with Gasteiger partial charge in [0.2, 0.25) is 12.7 Å². The summed E-state index contributed by atoms with van der Waals surface area (Å²) in [6, 6.07) is 12.2. The zero-order valence-electron chi connectivity index (χ0n) is 15.4. The van der Waals surface area contributed by atoms with Crippen molar-refractivity contribution in [1.82, 2.24) is 19.3 Å². The molecule has 5 rings (SSSR count). The van der Waals surface area contributed by atoms with Crippen molar-refractivity contribution in [2.45, 2.75) is 6.54 Å². The summed E-state index contributed by atoms with van der Waals surface area (Å²) in [5, 5.41) is 7.74. The number of carbonyl (C=O) groups excluding carboxylic acids is 1. The molecule has 1 N–H and O–H groups in total. The van der Waals surface area contributed by atoms with Gasteiger partial charge in [-0.15, -0.1) is 0 Å². The molecule has 0 fully saturated rings. The first kappa shape index (κ1) is 18.2. The number of nitrogens with one attached hydrogen (secondary N) is 1. The van der Waals surface area contributed by atoms with Crippen LogP contribution in [-0.2, 0) is 11.3 Å². The van der Waals surface area contributed by atoms with E-state index in [4.69, 9.17) is 21.1 Å². The Balaban J connectivity index is 1.40. The van der Waals surface area contributed by atoms with Gasteiger partial charge in [-0.2, -0.15) is 5.10 Å². The first-order valence-corrected chi connectivity index (χ1v) is 9.35. The lowest BCUT2D eigenvalue weighted by atomic mass is 10.2. The maximum atomic E-state index is 12.8. The van der Waals surface area contributed by atoms with Gasteiger partial charge in [0.05, 0.1) is 16.9 Å². The molecule has 1 aliphatic rings. The fourth-order valence-electron chi connectivity index (χ4n) is 3.19. The molecule has 0 aliphatic carbocycles. The molecule has 0 atom stereocenters. The molecule has 30 heavy (non-hydrogen) atoms. The SMILES string of the molecule is O=C(Cn1cnc2c(cnn2-c2ccccc2Cl)c1=O)Nc1ccc2c(c1)OCO2. The van der Waals surface area contributed by atoms with E-state index in [1.54, 1.807) is 36.4 Å². The summed E-state index contributed by atoms with van der Waals surface area (Å²) >= 11 is 6.23. The number of ether oxygens (including phenoxy) is 2. The van der Waals surface area contributed by atoms with Crippen LogP contribution in [0.1, 0.15) is 0 Å². The van der Waals surface area contributed by atoms with Crippen LogP contribution in [0, 0.1) is 0 Å². The van der Waals surface area contributed by atoms with Gasteiger partial charge in [0, 0.05) is 11.8 Å². The highest BCUT2D eigenvalue weighted by molar-refractivity contribution is 6.32. The molecule has 2 aromatic heterocycles. The summed E-state index contributed by atoms with van der Waals surface area (Å²) in [7, 11) is 0. The third-order valence-electron chi connectivity index (χ3n) is 4.61. The second kappa shape index (κ2) is 7.20. The minimum absolute atomic E-state index is 0.148. The standard InChI is InChI=1S/C20H14ClN5O4/c21-14-3-1-2-4-15(14)26-19-13(8-23-26)20(28)25(10-22-19)9-18(27)24-12-5-6-16-17(7-12)30-11-29-16/h1-8,10H,9,11H2,(H,24,27). The monoisotopic (exact) mass is 423 g/mol. The van der Waals surface area contributed by atoms with Gasteiger partial charge in [0.25, 0.3) is 5.56 Å². The average molecular weight is 424 g/mol. The van der Waals surface area contributed by atoms with Gasteiger partial charge in [-0.25, -0.2) is 9.67 Å². The number of fused-ring (bicyclic) bond motifs is 2. The fourth-order valence-corrected chi connectivity index (χ4v) is 3.41. The Bertz CT molecular complexity index is 1350. The molecule has 0 saturated carbocycles. The summed E-state index contributed by atoms with van der Waals surface area (Å²) in [6.07, 6.45) is 2.74. The highest BCUT2D eigenvalue weighted by atomic mass is 35.5. The lowest BCUT2D eigenvalue weighted by molar-refractivity contribution is -0.116. The summed E-state index contributed by atoms with van der Waals surface area (Å²) in [6.45, 7) is -0.0524. The Morgan fingerprint density at radius 3 is 2.87 bits per heavy atom. The number of rotatable bonds is 4. The fraction of sp³-hybridized carbons (Fsp3) is 0.100. The molecule has 1 amide bonds. The third-order valence-corrected chi connectivity index (χ3v) is 4.93. The van der Waals surface area contributed by atoms with Crippen molar-refractivity contribution in [3.8, 4) is 17.2 Å². The van der Waals surface area contributed by atoms with Gasteiger partial charge in [-0.1, -0.05) is 23.7 Å². The third kappa shape index (κ3) is 3.15. The summed E-state index contributed by atoms with van der Waals surface area (Å²) < 4.78 is 13.3. The number of carbonyl (C=O) groups is 1. The van der Waals surface area contributed by atoms with Crippen LogP contribution in [0.2, 0.25) is 5.02 Å². The number of aromatic nitrogens is 4. The Kier molecular flexibility index (Phi) is 4.36. The molecular weight excluding hydrogens is 410 g/mol. The molecule has 0 unspecified atom stereocenters. The van der Waals surface area contributed by atoms with E-state index in [0.29, 0.717) is 33.5 Å². The Morgan fingerprint density at radius 1 is 1.17 bits per heavy atom. The Labute approximate surface area is 174 Å². The number of nitrogens with zero attached hydrogens (tertiary/aromatic N) is 4. The van der Waals surface area contributed by atoms with Crippen LogP contribution in [0.25, 0.3) is 16.7 Å². The predicted molar refractivity (Wildman–Crippen MR) is 109 cm³/mol. The van der Waals surface area contributed by atoms with Crippen LogP contribution in [-0.4, -0.2) is 32.0 Å². The van der Waals surface area contributed by atoms with E-state index in [-0.39, 0.29) is 30.2 Å². The van der Waals surface area contributed by atoms with Crippen molar-refractivity contribution in [2.75, 3.05) is 12.1 Å².